The number of furan rings is 1. The van der Waals surface area contributed by atoms with Crippen LogP contribution in [0.1, 0.15) is 70.8 Å². The second-order valence-electron chi connectivity index (χ2n) is 37.4. The Morgan fingerprint density at radius 2 is 0.684 bits per heavy atom. The van der Waals surface area contributed by atoms with Crippen LogP contribution in [-0.4, -0.2) is 13.4 Å². The van der Waals surface area contributed by atoms with Crippen molar-refractivity contribution in [1.82, 2.24) is 0 Å². The highest BCUT2D eigenvalue weighted by Crippen LogP contribution is 2.62. The number of nitrogens with zero attached hydrogens (tertiary/aromatic N) is 2. The Morgan fingerprint density at radius 1 is 0.241 bits per heavy atom. The summed E-state index contributed by atoms with van der Waals surface area (Å²) in [5.41, 5.74) is 40.6. The monoisotopic (exact) mass is 1690 g/mol. The second kappa shape index (κ2) is 29.5. The Labute approximate surface area is 774 Å². The minimum Gasteiger partial charge on any atom is -0.459 e. The molecule has 0 saturated heterocycles. The minimum absolute atomic E-state index is 0.405. The molecule has 0 fully saturated rings. The number of para-hydroxylation sites is 3. The third-order valence-electron chi connectivity index (χ3n) is 29.5. The van der Waals surface area contributed by atoms with E-state index in [4.69, 9.17) is 13.9 Å². The van der Waals surface area contributed by atoms with E-state index in [1.165, 1.54) is 55.6 Å². The van der Waals surface area contributed by atoms with E-state index >= 15 is 0 Å². The molecule has 7 heteroatoms. The third kappa shape index (κ3) is 11.3. The molecule has 21 aromatic rings. The smallest absolute Gasteiger partial charge is 0.260 e. The number of ether oxygens (including phenoxy) is 2. The number of hydrogen-bond donors (Lipinski definition) is 0. The zero-order chi connectivity index (χ0) is 87.9. The van der Waals surface area contributed by atoms with Crippen molar-refractivity contribution in [3.05, 3.63) is 505 Å². The molecule has 20 aromatic carbocycles. The number of hydrogen-bond acceptors (Lipinski definition) is 5. The van der Waals surface area contributed by atoms with Gasteiger partial charge in [0.1, 0.15) is 28.6 Å². The predicted octanol–water partition coefficient (Wildman–Crippen LogP) is 28.4. The summed E-state index contributed by atoms with van der Waals surface area (Å²) in [4.78, 5) is 5.21. The normalized spacial score (nSPS) is 13.9. The second-order valence-corrected chi connectivity index (χ2v) is 37.4. The quantitative estimate of drug-likeness (QED) is 0.114. The van der Waals surface area contributed by atoms with E-state index in [2.05, 4.69) is 486 Å². The fraction of sp³-hybridized carbons (Fsp3) is 0.0476. The molecule has 0 bridgehead atoms. The first-order valence-electron chi connectivity index (χ1n) is 46.4. The number of benzene rings is 20. The lowest BCUT2D eigenvalue weighted by Crippen LogP contribution is -2.65. The van der Waals surface area contributed by atoms with Crippen molar-refractivity contribution in [3.63, 3.8) is 0 Å². The fourth-order valence-corrected chi connectivity index (χ4v) is 23.7. The molecule has 5 heterocycles. The zero-order valence-corrected chi connectivity index (χ0v) is 73.6. The van der Waals surface area contributed by atoms with Crippen LogP contribution in [-0.2, 0) is 16.2 Å². The van der Waals surface area contributed by atoms with E-state index in [1.807, 2.05) is 0 Å². The summed E-state index contributed by atoms with van der Waals surface area (Å²) in [6.07, 6.45) is 0. The Hall–Kier alpha value is -16.5. The number of fused-ring (bicyclic) bond motifs is 19. The van der Waals surface area contributed by atoms with Gasteiger partial charge in [0, 0.05) is 56.1 Å². The first-order chi connectivity index (χ1) is 65.6. The van der Waals surface area contributed by atoms with Gasteiger partial charge in [-0.2, -0.15) is 0 Å². The van der Waals surface area contributed by atoms with Gasteiger partial charge in [-0.1, -0.05) is 409 Å². The molecule has 0 unspecified atom stereocenters. The molecule has 0 spiro atoms. The Bertz CT molecular complexity index is 8300. The molecule has 133 heavy (non-hydrogen) atoms. The molecular weight excluding hydrogens is 1610 g/mol. The van der Waals surface area contributed by atoms with Crippen LogP contribution in [0.15, 0.2) is 459 Å². The van der Waals surface area contributed by atoms with Gasteiger partial charge in [-0.25, -0.2) is 0 Å². The first kappa shape index (κ1) is 76.6. The molecule has 0 radical (unpaired) electrons. The summed E-state index contributed by atoms with van der Waals surface area (Å²) in [5, 5.41) is 2.08. The van der Waals surface area contributed by atoms with Gasteiger partial charge in [0.25, 0.3) is 13.4 Å². The summed E-state index contributed by atoms with van der Waals surface area (Å²) in [6, 6.07) is 170. The van der Waals surface area contributed by atoms with Gasteiger partial charge in [-0.3, -0.25) is 0 Å². The van der Waals surface area contributed by atoms with Crippen molar-refractivity contribution in [2.45, 2.75) is 37.0 Å². The van der Waals surface area contributed by atoms with Gasteiger partial charge in [-0.15, -0.1) is 0 Å². The molecule has 0 saturated carbocycles. The van der Waals surface area contributed by atoms with E-state index in [0.29, 0.717) is 5.75 Å². The van der Waals surface area contributed by atoms with Crippen molar-refractivity contribution in [1.29, 1.82) is 0 Å². The van der Waals surface area contributed by atoms with Crippen molar-refractivity contribution in [3.8, 4) is 112 Å². The maximum atomic E-state index is 8.74. The molecule has 4 aliphatic heterocycles. The van der Waals surface area contributed by atoms with Crippen LogP contribution in [0.2, 0.25) is 0 Å². The Morgan fingerprint density at radius 3 is 1.26 bits per heavy atom. The van der Waals surface area contributed by atoms with Crippen LogP contribution in [0.5, 0.6) is 23.0 Å². The van der Waals surface area contributed by atoms with Crippen LogP contribution in [0.25, 0.3) is 111 Å². The molecular formula is C126H84B2N2O3. The maximum absolute atomic E-state index is 8.74. The van der Waals surface area contributed by atoms with Gasteiger partial charge in [0.15, 0.2) is 5.58 Å². The molecule has 0 amide bonds. The van der Waals surface area contributed by atoms with Gasteiger partial charge < -0.3 is 23.7 Å². The highest BCUT2D eigenvalue weighted by molar-refractivity contribution is 7.03. The Balaban J connectivity index is 0.792. The maximum Gasteiger partial charge on any atom is 0.260 e. The third-order valence-corrected chi connectivity index (χ3v) is 29.5. The standard InChI is InChI=1S/C126H84B2N2O3/c1-124(2,3)92-74-111-117-112(75-92)130(110-63-33-28-56-94(110)85-46-36-44-83(70-85)80-39-13-5-14-40-80)120-106(68-67-99-98-59-29-34-64-114(98)131-122(99)120)128(117)118-113(129(111)109-62-32-27-55-93(109)84-45-35-43-82(69-84)79-37-11-4-12-38-79)78-116-119-123(118)132-115-77-105-101(96-58-26-31-61-103(96)126(105,90-51-21-9-22-52-90)91-53-23-10-24-54-91)76-107(115)127(119)108-73-87(81-41-15-6-16-42-81)71-100(121(108)133-116)86-65-66-97-95-57-25-30-60-102(95)125(104(97)72-86,88-47-17-7-18-48-88)89-49-19-8-20-50-89/h4-78H,1-3H3. The van der Waals surface area contributed by atoms with E-state index in [9.17, 15) is 0 Å². The van der Waals surface area contributed by atoms with E-state index in [-0.39, 0.29) is 0 Å². The zero-order valence-electron chi connectivity index (χ0n) is 73.6. The fourth-order valence-electron chi connectivity index (χ4n) is 23.7. The van der Waals surface area contributed by atoms with Crippen molar-refractivity contribution in [2.75, 3.05) is 9.80 Å². The molecule has 622 valence electrons. The number of rotatable bonds is 12. The highest BCUT2D eigenvalue weighted by atomic mass is 16.5. The lowest BCUT2D eigenvalue weighted by atomic mass is 9.30. The minimum atomic E-state index is -0.780. The van der Waals surface area contributed by atoms with Gasteiger partial charge >= 0.3 is 0 Å². The molecule has 2 aliphatic carbocycles. The van der Waals surface area contributed by atoms with Gasteiger partial charge in [-0.05, 0) is 216 Å². The van der Waals surface area contributed by atoms with Crippen LogP contribution in [0, 0.1) is 0 Å². The molecule has 0 N–H and O–H groups in total. The highest BCUT2D eigenvalue weighted by Gasteiger charge is 2.55. The van der Waals surface area contributed by atoms with E-state index < -0.39 is 29.7 Å². The SMILES string of the molecule is CC(C)(C)c1cc2c3c(c1)N(c1ccccc1-c1cccc(-c4ccccc4)c1)c1c(ccc4c1oc1ccccc14)B3c1c(cc3c4c1Oc1cc5c(cc1B4c1cc(-c4ccccc4)cc(-c4ccc6c(c4)C(c4ccccc4)(c4ccccc4)c4ccccc4-6)c1O3)-c1ccccc1C5(c1ccccc1)c1ccccc1)N2c1ccccc1-c1cccc(-c2ccccc2)c1. The van der Waals surface area contributed by atoms with E-state index in [0.717, 1.165) is 190 Å². The molecule has 1 aromatic heterocycles. The molecule has 0 atom stereocenters. The van der Waals surface area contributed by atoms with Crippen molar-refractivity contribution >= 4 is 102 Å². The van der Waals surface area contributed by atoms with Crippen LogP contribution < -0.4 is 52.1 Å². The summed E-state index contributed by atoms with van der Waals surface area (Å²) < 4.78 is 24.9. The predicted molar refractivity (Wildman–Crippen MR) is 551 cm³/mol. The molecule has 5 nitrogen and oxygen atoms in total. The average Bonchev–Trinajstić information content (AvgIpc) is 1.62. The summed E-state index contributed by atoms with van der Waals surface area (Å²) in [5.74, 6) is 3.04. The van der Waals surface area contributed by atoms with Crippen LogP contribution in [0.4, 0.5) is 34.1 Å². The largest absolute Gasteiger partial charge is 0.459 e. The molecule has 27 rings (SSSR count). The van der Waals surface area contributed by atoms with E-state index in [1.54, 1.807) is 0 Å². The number of anilines is 6. The Kier molecular flexibility index (Phi) is 17.0. The molecule has 6 aliphatic rings. The first-order valence-corrected chi connectivity index (χ1v) is 46.4. The lowest BCUT2D eigenvalue weighted by molar-refractivity contribution is 0.467. The summed E-state index contributed by atoms with van der Waals surface area (Å²) in [6.45, 7) is 6.07. The van der Waals surface area contributed by atoms with Crippen LogP contribution >= 0.6 is 0 Å². The topological polar surface area (TPSA) is 38.1 Å². The van der Waals surface area contributed by atoms with Crippen molar-refractivity contribution in [2.24, 2.45) is 0 Å². The van der Waals surface area contributed by atoms with Crippen LogP contribution in [0.3, 0.4) is 0 Å². The van der Waals surface area contributed by atoms with Crippen molar-refractivity contribution < 1.29 is 13.9 Å². The lowest BCUT2D eigenvalue weighted by Gasteiger charge is -2.47. The summed E-state index contributed by atoms with van der Waals surface area (Å²) >= 11 is 0. The summed E-state index contributed by atoms with van der Waals surface area (Å²) in [7, 11) is 0. The van der Waals surface area contributed by atoms with Gasteiger partial charge in [0.05, 0.1) is 27.9 Å². The average molecular weight is 1700 g/mol. The van der Waals surface area contributed by atoms with Gasteiger partial charge in [0.2, 0.25) is 0 Å².